The Morgan fingerprint density at radius 1 is 1.06 bits per heavy atom. The maximum Gasteiger partial charge on any atom is 0.238 e. The summed E-state index contributed by atoms with van der Waals surface area (Å²) in [7, 11) is 1.63. The molecule has 7 nitrogen and oxygen atoms in total. The molecule has 5 rings (SSSR count). The third kappa shape index (κ3) is 3.13. The predicted octanol–water partition coefficient (Wildman–Crippen LogP) is 4.02. The smallest absolute Gasteiger partial charge is 0.238 e. The van der Waals surface area contributed by atoms with Crippen LogP contribution in [0.5, 0.6) is 17.2 Å². The van der Waals surface area contributed by atoms with Crippen molar-refractivity contribution >= 4 is 23.1 Å². The van der Waals surface area contributed by atoms with Gasteiger partial charge >= 0.3 is 0 Å². The molecule has 2 heterocycles. The molecular weight excluding hydrogens is 392 g/mol. The number of carbonyl (C=O) groups excluding carboxylic acids is 1. The van der Waals surface area contributed by atoms with E-state index in [-0.39, 0.29) is 5.91 Å². The van der Waals surface area contributed by atoms with Crippen molar-refractivity contribution in [2.75, 3.05) is 23.5 Å². The van der Waals surface area contributed by atoms with Crippen LogP contribution in [0, 0.1) is 0 Å². The number of fused-ring (bicyclic) bond motifs is 2. The highest BCUT2D eigenvalue weighted by atomic mass is 16.5. The van der Waals surface area contributed by atoms with Crippen LogP contribution in [-0.2, 0) is 16.8 Å². The Morgan fingerprint density at radius 3 is 2.42 bits per heavy atom. The summed E-state index contributed by atoms with van der Waals surface area (Å²) in [6.45, 7) is 0.442. The van der Waals surface area contributed by atoms with Crippen molar-refractivity contribution in [2.24, 2.45) is 0 Å². The molecule has 0 saturated heterocycles. The van der Waals surface area contributed by atoms with E-state index < -0.39 is 5.41 Å². The zero-order valence-electron chi connectivity index (χ0n) is 17.3. The third-order valence-corrected chi connectivity index (χ3v) is 6.23. The van der Waals surface area contributed by atoms with E-state index in [0.717, 1.165) is 41.8 Å². The number of nitrogens with zero attached hydrogens (tertiary/aromatic N) is 2. The van der Waals surface area contributed by atoms with Gasteiger partial charge in [-0.15, -0.1) is 0 Å². The highest BCUT2D eigenvalue weighted by Crippen LogP contribution is 2.57. The standard InChI is InChI=1S/C24H24N4O3/c1-30-17-5-3-15(4-6-17)14-28-22-19(24(23(28)29)9-2-10-24)11-16(25)12-20(22)31-18-7-8-21(26)27-13-18/h3-8,11-13H,2,9-10,14,25H2,1H3,(H2,26,27). The average Bonchev–Trinajstić information content (AvgIpc) is 2.98. The SMILES string of the molecule is COc1ccc(CN2C(=O)C3(CCC3)c3cc(N)cc(Oc4ccc(N)nc4)c32)cc1. The minimum atomic E-state index is -0.505. The Labute approximate surface area is 180 Å². The molecule has 0 atom stereocenters. The van der Waals surface area contributed by atoms with Gasteiger partial charge in [-0.2, -0.15) is 0 Å². The van der Waals surface area contributed by atoms with E-state index in [0.29, 0.717) is 29.5 Å². The van der Waals surface area contributed by atoms with Crippen molar-refractivity contribution in [2.45, 2.75) is 31.2 Å². The Balaban J connectivity index is 1.58. The molecule has 1 aliphatic heterocycles. The van der Waals surface area contributed by atoms with Gasteiger partial charge in [-0.1, -0.05) is 18.6 Å². The molecule has 1 amide bonds. The first-order valence-corrected chi connectivity index (χ1v) is 10.3. The monoisotopic (exact) mass is 416 g/mol. The van der Waals surface area contributed by atoms with Gasteiger partial charge in [0.1, 0.15) is 17.3 Å². The first-order chi connectivity index (χ1) is 15.0. The second-order valence-corrected chi connectivity index (χ2v) is 8.11. The number of pyridine rings is 1. The minimum absolute atomic E-state index is 0.107. The Morgan fingerprint density at radius 2 is 1.81 bits per heavy atom. The third-order valence-electron chi connectivity index (χ3n) is 6.23. The second kappa shape index (κ2) is 7.19. The molecule has 1 aliphatic carbocycles. The number of anilines is 3. The molecule has 2 aliphatic rings. The van der Waals surface area contributed by atoms with Crippen molar-refractivity contribution < 1.29 is 14.3 Å². The van der Waals surface area contributed by atoms with E-state index in [1.807, 2.05) is 35.2 Å². The highest BCUT2D eigenvalue weighted by molar-refractivity contribution is 6.10. The lowest BCUT2D eigenvalue weighted by Crippen LogP contribution is -2.44. The molecule has 0 radical (unpaired) electrons. The second-order valence-electron chi connectivity index (χ2n) is 8.11. The minimum Gasteiger partial charge on any atom is -0.497 e. The van der Waals surface area contributed by atoms with Gasteiger partial charge in [0.05, 0.1) is 31.0 Å². The number of ether oxygens (including phenoxy) is 2. The van der Waals surface area contributed by atoms with Crippen LogP contribution in [-0.4, -0.2) is 18.0 Å². The molecule has 3 aromatic rings. The van der Waals surface area contributed by atoms with Crippen molar-refractivity contribution in [3.8, 4) is 17.2 Å². The lowest BCUT2D eigenvalue weighted by atomic mass is 9.65. The van der Waals surface area contributed by atoms with E-state index in [9.17, 15) is 4.79 Å². The van der Waals surface area contributed by atoms with Crippen LogP contribution < -0.4 is 25.8 Å². The van der Waals surface area contributed by atoms with Crippen LogP contribution in [0.25, 0.3) is 0 Å². The molecule has 0 unspecified atom stereocenters. The van der Waals surface area contributed by atoms with Crippen LogP contribution >= 0.6 is 0 Å². The zero-order chi connectivity index (χ0) is 21.6. The topological polar surface area (TPSA) is 104 Å². The van der Waals surface area contributed by atoms with Crippen LogP contribution in [0.4, 0.5) is 17.2 Å². The summed E-state index contributed by atoms with van der Waals surface area (Å²) in [6.07, 6.45) is 4.23. The molecule has 1 spiro atoms. The fraction of sp³-hybridized carbons (Fsp3) is 0.250. The fourth-order valence-corrected chi connectivity index (χ4v) is 4.48. The Kier molecular flexibility index (Phi) is 4.46. The number of methoxy groups -OCH3 is 1. The van der Waals surface area contributed by atoms with Gasteiger partial charge < -0.3 is 25.8 Å². The summed E-state index contributed by atoms with van der Waals surface area (Å²) in [6, 6.07) is 14.9. The molecule has 4 N–H and O–H groups in total. The summed E-state index contributed by atoms with van der Waals surface area (Å²) >= 11 is 0. The van der Waals surface area contributed by atoms with E-state index in [2.05, 4.69) is 4.98 Å². The van der Waals surface area contributed by atoms with Crippen molar-refractivity contribution in [3.63, 3.8) is 0 Å². The van der Waals surface area contributed by atoms with E-state index in [1.165, 1.54) is 0 Å². The number of benzene rings is 2. The first kappa shape index (κ1) is 19.2. The number of amides is 1. The molecule has 7 heteroatoms. The van der Waals surface area contributed by atoms with Gasteiger partial charge in [0.25, 0.3) is 0 Å². The molecule has 2 aromatic carbocycles. The van der Waals surface area contributed by atoms with E-state index in [1.54, 1.807) is 31.5 Å². The Hall–Kier alpha value is -3.74. The first-order valence-electron chi connectivity index (χ1n) is 10.3. The van der Waals surface area contributed by atoms with Crippen molar-refractivity contribution in [1.82, 2.24) is 4.98 Å². The predicted molar refractivity (Wildman–Crippen MR) is 119 cm³/mol. The molecule has 0 bridgehead atoms. The van der Waals surface area contributed by atoms with Crippen LogP contribution in [0.15, 0.2) is 54.7 Å². The number of nitrogen functional groups attached to an aromatic ring is 2. The largest absolute Gasteiger partial charge is 0.497 e. The number of nitrogens with two attached hydrogens (primary N) is 2. The van der Waals surface area contributed by atoms with Gasteiger partial charge in [-0.3, -0.25) is 4.79 Å². The number of hydrogen-bond acceptors (Lipinski definition) is 6. The van der Waals surface area contributed by atoms with Gasteiger partial charge in [0, 0.05) is 11.8 Å². The molecular formula is C24H24N4O3. The molecule has 1 saturated carbocycles. The van der Waals surface area contributed by atoms with Crippen LogP contribution in [0.3, 0.4) is 0 Å². The number of rotatable bonds is 5. The lowest BCUT2D eigenvalue weighted by Gasteiger charge is -2.37. The van der Waals surface area contributed by atoms with Crippen LogP contribution in [0.1, 0.15) is 30.4 Å². The maximum atomic E-state index is 13.6. The molecule has 158 valence electrons. The lowest BCUT2D eigenvalue weighted by molar-refractivity contribution is -0.126. The summed E-state index contributed by atoms with van der Waals surface area (Å²) < 4.78 is 11.4. The summed E-state index contributed by atoms with van der Waals surface area (Å²) in [5.41, 5.74) is 14.7. The number of hydrogen-bond donors (Lipinski definition) is 2. The average molecular weight is 416 g/mol. The number of carbonyl (C=O) groups is 1. The van der Waals surface area contributed by atoms with Gasteiger partial charge in [-0.05, 0) is 54.3 Å². The highest BCUT2D eigenvalue weighted by Gasteiger charge is 2.55. The summed E-state index contributed by atoms with van der Waals surface area (Å²) in [5.74, 6) is 2.38. The van der Waals surface area contributed by atoms with Gasteiger partial charge in [-0.25, -0.2) is 4.98 Å². The van der Waals surface area contributed by atoms with Gasteiger partial charge in [0.2, 0.25) is 5.91 Å². The van der Waals surface area contributed by atoms with Crippen molar-refractivity contribution in [1.29, 1.82) is 0 Å². The maximum absolute atomic E-state index is 13.6. The normalized spacial score (nSPS) is 16.2. The van der Waals surface area contributed by atoms with E-state index >= 15 is 0 Å². The summed E-state index contributed by atoms with van der Waals surface area (Å²) in [5, 5.41) is 0. The summed E-state index contributed by atoms with van der Waals surface area (Å²) in [4.78, 5) is 19.6. The number of aromatic nitrogens is 1. The quantitative estimate of drug-likeness (QED) is 0.609. The fourth-order valence-electron chi connectivity index (χ4n) is 4.48. The Bertz CT molecular complexity index is 1140. The zero-order valence-corrected chi connectivity index (χ0v) is 17.3. The molecule has 31 heavy (non-hydrogen) atoms. The van der Waals surface area contributed by atoms with Crippen molar-refractivity contribution in [3.05, 3.63) is 65.9 Å². The van der Waals surface area contributed by atoms with Gasteiger partial charge in [0.15, 0.2) is 5.75 Å². The van der Waals surface area contributed by atoms with E-state index in [4.69, 9.17) is 20.9 Å². The van der Waals surface area contributed by atoms with Crippen LogP contribution in [0.2, 0.25) is 0 Å². The molecule has 1 aromatic heterocycles. The molecule has 1 fully saturated rings.